The van der Waals surface area contributed by atoms with Gasteiger partial charge in [-0.1, -0.05) is 11.6 Å². The predicted octanol–water partition coefficient (Wildman–Crippen LogP) is 1.57. The summed E-state index contributed by atoms with van der Waals surface area (Å²) in [5.74, 6) is 0. The highest BCUT2D eigenvalue weighted by atomic mass is 35.5. The highest BCUT2D eigenvalue weighted by molar-refractivity contribution is 7.89. The van der Waals surface area contributed by atoms with Gasteiger partial charge in [0.05, 0.1) is 4.90 Å². The Bertz CT molecular complexity index is 692. The average molecular weight is 305 g/mol. The van der Waals surface area contributed by atoms with Gasteiger partial charge in [-0.15, -0.1) is 0 Å². The molecule has 2 aromatic rings. The van der Waals surface area contributed by atoms with Crippen LogP contribution < -0.4 is 10.3 Å². The second-order valence-corrected chi connectivity index (χ2v) is 6.42. The number of hydrogen-bond acceptors (Lipinski definition) is 4. The molecule has 0 saturated heterocycles. The minimum Gasteiger partial charge on any atom is -0.326 e. The van der Waals surface area contributed by atoms with E-state index in [1.807, 2.05) is 16.8 Å². The van der Waals surface area contributed by atoms with Crippen molar-refractivity contribution in [3.05, 3.63) is 50.0 Å². The number of halogens is 1. The molecule has 0 aliphatic carbocycles. The molecule has 0 aliphatic rings. The summed E-state index contributed by atoms with van der Waals surface area (Å²) < 4.78 is 26.2. The molecule has 0 aliphatic heterocycles. The van der Waals surface area contributed by atoms with Crippen LogP contribution in [-0.2, 0) is 16.6 Å². The molecular weight excluding hydrogens is 296 g/mol. The Morgan fingerprint density at radius 2 is 2.22 bits per heavy atom. The number of aromatic amines is 1. The number of hydrogen-bond donors (Lipinski definition) is 2. The van der Waals surface area contributed by atoms with E-state index in [1.165, 1.54) is 11.3 Å². The van der Waals surface area contributed by atoms with Gasteiger partial charge in [-0.25, -0.2) is 13.1 Å². The first kappa shape index (κ1) is 13.3. The summed E-state index contributed by atoms with van der Waals surface area (Å²) in [5.41, 5.74) is 0.354. The Morgan fingerprint density at radius 3 is 2.83 bits per heavy atom. The van der Waals surface area contributed by atoms with Gasteiger partial charge >= 0.3 is 0 Å². The molecule has 2 aromatic heterocycles. The van der Waals surface area contributed by atoms with E-state index in [4.69, 9.17) is 11.6 Å². The lowest BCUT2D eigenvalue weighted by molar-refractivity contribution is 0.581. The molecule has 2 rings (SSSR count). The van der Waals surface area contributed by atoms with Crippen LogP contribution in [0, 0.1) is 0 Å². The number of H-pyrrole nitrogens is 1. The quantitative estimate of drug-likeness (QED) is 0.900. The van der Waals surface area contributed by atoms with Crippen LogP contribution in [0.4, 0.5) is 0 Å². The second kappa shape index (κ2) is 5.23. The summed E-state index contributed by atoms with van der Waals surface area (Å²) in [6.07, 6.45) is 1.12. The van der Waals surface area contributed by atoms with E-state index in [0.29, 0.717) is 0 Å². The lowest BCUT2D eigenvalue weighted by Crippen LogP contribution is -2.24. The van der Waals surface area contributed by atoms with Crippen LogP contribution in [0.3, 0.4) is 0 Å². The fourth-order valence-corrected chi connectivity index (χ4v) is 3.16. The number of nitrogens with one attached hydrogen (secondary N) is 2. The number of rotatable bonds is 4. The maximum atomic E-state index is 11.9. The van der Waals surface area contributed by atoms with E-state index in [1.54, 1.807) is 0 Å². The SMILES string of the molecule is O=c1[nH]cc(S(=O)(=O)NCc2ccsc2)cc1Cl. The van der Waals surface area contributed by atoms with Gasteiger partial charge in [-0.3, -0.25) is 4.79 Å². The second-order valence-electron chi connectivity index (χ2n) is 3.47. The highest BCUT2D eigenvalue weighted by Gasteiger charge is 2.15. The average Bonchev–Trinajstić information content (AvgIpc) is 2.83. The lowest BCUT2D eigenvalue weighted by Gasteiger charge is -2.05. The van der Waals surface area contributed by atoms with Gasteiger partial charge in [-0.05, 0) is 28.5 Å². The topological polar surface area (TPSA) is 79.0 Å². The molecule has 0 saturated carbocycles. The molecule has 0 amide bonds. The van der Waals surface area contributed by atoms with Crippen LogP contribution in [0.15, 0.2) is 38.8 Å². The maximum absolute atomic E-state index is 11.9. The van der Waals surface area contributed by atoms with Crippen molar-refractivity contribution in [2.75, 3.05) is 0 Å². The molecule has 0 unspecified atom stereocenters. The predicted molar refractivity (Wildman–Crippen MR) is 70.4 cm³/mol. The molecular formula is C10H9ClN2O3S2. The molecule has 18 heavy (non-hydrogen) atoms. The van der Waals surface area contributed by atoms with Gasteiger partial charge in [0, 0.05) is 12.7 Å². The van der Waals surface area contributed by atoms with E-state index in [9.17, 15) is 13.2 Å². The third-order valence-electron chi connectivity index (χ3n) is 2.19. The van der Waals surface area contributed by atoms with E-state index >= 15 is 0 Å². The van der Waals surface area contributed by atoms with Crippen molar-refractivity contribution in [1.82, 2.24) is 9.71 Å². The standard InChI is InChI=1S/C10H9ClN2O3S2/c11-9-3-8(5-12-10(9)14)18(15,16)13-4-7-1-2-17-6-7/h1-3,5-6,13H,4H2,(H,12,14). The number of thiophene rings is 1. The summed E-state index contributed by atoms with van der Waals surface area (Å²) in [7, 11) is -3.68. The van der Waals surface area contributed by atoms with Crippen LogP contribution in [0.1, 0.15) is 5.56 Å². The van der Waals surface area contributed by atoms with E-state index in [0.717, 1.165) is 17.8 Å². The molecule has 5 nitrogen and oxygen atoms in total. The first-order valence-corrected chi connectivity index (χ1v) is 7.68. The molecule has 0 spiro atoms. The minimum atomic E-state index is -3.68. The fraction of sp³-hybridized carbons (Fsp3) is 0.100. The van der Waals surface area contributed by atoms with Crippen molar-refractivity contribution >= 4 is 33.0 Å². The van der Waals surface area contributed by atoms with Crippen molar-refractivity contribution in [3.8, 4) is 0 Å². The number of pyridine rings is 1. The maximum Gasteiger partial charge on any atom is 0.266 e. The molecule has 2 N–H and O–H groups in total. The van der Waals surface area contributed by atoms with Crippen LogP contribution >= 0.6 is 22.9 Å². The molecule has 2 heterocycles. The first-order valence-electron chi connectivity index (χ1n) is 4.88. The molecule has 96 valence electrons. The van der Waals surface area contributed by atoms with Crippen molar-refractivity contribution in [1.29, 1.82) is 0 Å². The molecule has 0 bridgehead atoms. The zero-order valence-corrected chi connectivity index (χ0v) is 11.4. The highest BCUT2D eigenvalue weighted by Crippen LogP contribution is 2.12. The summed E-state index contributed by atoms with van der Waals surface area (Å²) >= 11 is 7.07. The minimum absolute atomic E-state index is 0.0673. The van der Waals surface area contributed by atoms with Gasteiger partial charge in [0.15, 0.2) is 0 Å². The molecule has 0 radical (unpaired) electrons. The summed E-state index contributed by atoms with van der Waals surface area (Å²) in [4.78, 5) is 13.2. The summed E-state index contributed by atoms with van der Waals surface area (Å²) in [6.45, 7) is 0.197. The van der Waals surface area contributed by atoms with Gasteiger partial charge in [0.2, 0.25) is 10.0 Å². The normalized spacial score (nSPS) is 11.6. The summed E-state index contributed by atoms with van der Waals surface area (Å²) in [6, 6.07) is 2.95. The Morgan fingerprint density at radius 1 is 1.44 bits per heavy atom. The zero-order chi connectivity index (χ0) is 13.2. The van der Waals surface area contributed by atoms with Crippen molar-refractivity contribution in [3.63, 3.8) is 0 Å². The van der Waals surface area contributed by atoms with Crippen molar-refractivity contribution in [2.45, 2.75) is 11.4 Å². The van der Waals surface area contributed by atoms with Crippen molar-refractivity contribution in [2.24, 2.45) is 0 Å². The monoisotopic (exact) mass is 304 g/mol. The third-order valence-corrected chi connectivity index (χ3v) is 4.58. The van der Waals surface area contributed by atoms with Crippen LogP contribution in [-0.4, -0.2) is 13.4 Å². The Kier molecular flexibility index (Phi) is 3.86. The largest absolute Gasteiger partial charge is 0.326 e. The lowest BCUT2D eigenvalue weighted by atomic mass is 10.4. The molecule has 0 aromatic carbocycles. The van der Waals surface area contributed by atoms with E-state index in [-0.39, 0.29) is 16.5 Å². The first-order chi connectivity index (χ1) is 8.49. The Labute approximate surface area is 112 Å². The third kappa shape index (κ3) is 2.99. The Hall–Kier alpha value is -1.15. The molecule has 0 fully saturated rings. The zero-order valence-electron chi connectivity index (χ0n) is 9.01. The van der Waals surface area contributed by atoms with Crippen LogP contribution in [0.5, 0.6) is 0 Å². The van der Waals surface area contributed by atoms with Crippen LogP contribution in [0.25, 0.3) is 0 Å². The van der Waals surface area contributed by atoms with E-state index < -0.39 is 15.6 Å². The number of aromatic nitrogens is 1. The number of sulfonamides is 1. The van der Waals surface area contributed by atoms with Gasteiger partial charge in [-0.2, -0.15) is 11.3 Å². The van der Waals surface area contributed by atoms with Gasteiger partial charge in [0.1, 0.15) is 5.02 Å². The van der Waals surface area contributed by atoms with Crippen LogP contribution in [0.2, 0.25) is 5.02 Å². The van der Waals surface area contributed by atoms with E-state index in [2.05, 4.69) is 9.71 Å². The summed E-state index contributed by atoms with van der Waals surface area (Å²) in [5, 5.41) is 3.55. The Balaban J connectivity index is 2.20. The van der Waals surface area contributed by atoms with Crippen molar-refractivity contribution < 1.29 is 8.42 Å². The smallest absolute Gasteiger partial charge is 0.266 e. The van der Waals surface area contributed by atoms with Gasteiger partial charge in [0.25, 0.3) is 5.56 Å². The van der Waals surface area contributed by atoms with Gasteiger partial charge < -0.3 is 4.98 Å². The molecule has 0 atom stereocenters. The molecule has 8 heteroatoms. The fourth-order valence-electron chi connectivity index (χ4n) is 1.25.